The molecule has 0 aliphatic carbocycles. The zero-order valence-electron chi connectivity index (χ0n) is 10.5. The molecular weight excluding hydrogens is 206 g/mol. The van der Waals surface area contributed by atoms with Crippen LogP contribution in [0.3, 0.4) is 0 Å². The van der Waals surface area contributed by atoms with Gasteiger partial charge in [0.05, 0.1) is 13.2 Å². The summed E-state index contributed by atoms with van der Waals surface area (Å²) in [6.07, 6.45) is 0. The van der Waals surface area contributed by atoms with Gasteiger partial charge in [-0.25, -0.2) is 4.79 Å². The van der Waals surface area contributed by atoms with Gasteiger partial charge in [-0.2, -0.15) is 0 Å². The number of ether oxygens (including phenoxy) is 1. The Hall–Kier alpha value is -0.810. The molecule has 1 heterocycles. The van der Waals surface area contributed by atoms with Gasteiger partial charge in [-0.1, -0.05) is 0 Å². The number of nitrogens with one attached hydrogen (secondary N) is 1. The molecule has 0 saturated carbocycles. The van der Waals surface area contributed by atoms with Crippen LogP contribution in [0.4, 0.5) is 4.79 Å². The molecule has 1 aliphatic rings. The second-order valence-electron chi connectivity index (χ2n) is 4.41. The molecule has 1 fully saturated rings. The fraction of sp³-hybridized carbons (Fsp3) is 0.909. The largest absolute Gasteiger partial charge is 0.378 e. The molecule has 1 aliphatic heterocycles. The Kier molecular flexibility index (Phi) is 5.55. The summed E-state index contributed by atoms with van der Waals surface area (Å²) < 4.78 is 5.19. The minimum Gasteiger partial charge on any atom is -0.378 e. The predicted octanol–water partition coefficient (Wildman–Crippen LogP) is 0.368. The van der Waals surface area contributed by atoms with Crippen LogP contribution in [0.15, 0.2) is 0 Å². The third-order valence-corrected chi connectivity index (χ3v) is 2.92. The molecule has 0 unspecified atom stereocenters. The number of hydrogen-bond acceptors (Lipinski definition) is 3. The van der Waals surface area contributed by atoms with Gasteiger partial charge in [-0.05, 0) is 20.9 Å². The van der Waals surface area contributed by atoms with E-state index in [1.54, 1.807) is 4.90 Å². The lowest BCUT2D eigenvalue weighted by Crippen LogP contribution is -2.47. The van der Waals surface area contributed by atoms with Crippen molar-refractivity contribution >= 4 is 6.03 Å². The van der Waals surface area contributed by atoms with E-state index in [4.69, 9.17) is 4.74 Å². The van der Waals surface area contributed by atoms with Crippen molar-refractivity contribution in [3.8, 4) is 0 Å². The van der Waals surface area contributed by atoms with Gasteiger partial charge in [0.1, 0.15) is 0 Å². The van der Waals surface area contributed by atoms with Gasteiger partial charge < -0.3 is 19.9 Å². The quantitative estimate of drug-likeness (QED) is 0.757. The number of morpholine rings is 1. The standard InChI is InChI=1S/C11H23N3O2/c1-10(2)13(3)5-4-12-11(15)14-6-8-16-9-7-14/h10H,4-9H2,1-3H3,(H,12,15). The highest BCUT2D eigenvalue weighted by Gasteiger charge is 2.16. The maximum Gasteiger partial charge on any atom is 0.317 e. The normalized spacial score (nSPS) is 16.9. The lowest BCUT2D eigenvalue weighted by atomic mass is 10.3. The first kappa shape index (κ1) is 13.3. The number of carbonyl (C=O) groups is 1. The van der Waals surface area contributed by atoms with Crippen molar-refractivity contribution in [3.63, 3.8) is 0 Å². The Labute approximate surface area is 97.7 Å². The number of likely N-dealkylation sites (N-methyl/N-ethyl adjacent to an activating group) is 1. The van der Waals surface area contributed by atoms with Crippen molar-refractivity contribution in [1.29, 1.82) is 0 Å². The minimum atomic E-state index is 0.0282. The third kappa shape index (κ3) is 4.37. The number of carbonyl (C=O) groups excluding carboxylic acids is 1. The Balaban J connectivity index is 2.14. The van der Waals surface area contributed by atoms with Crippen LogP contribution >= 0.6 is 0 Å². The van der Waals surface area contributed by atoms with E-state index in [0.29, 0.717) is 38.9 Å². The summed E-state index contributed by atoms with van der Waals surface area (Å²) in [7, 11) is 2.06. The minimum absolute atomic E-state index is 0.0282. The van der Waals surface area contributed by atoms with E-state index in [0.717, 1.165) is 6.54 Å². The van der Waals surface area contributed by atoms with Gasteiger partial charge in [0.15, 0.2) is 0 Å². The molecule has 2 amide bonds. The summed E-state index contributed by atoms with van der Waals surface area (Å²) in [6, 6.07) is 0.542. The maximum atomic E-state index is 11.7. The number of hydrogen-bond donors (Lipinski definition) is 1. The molecular formula is C11H23N3O2. The number of amides is 2. The molecule has 0 atom stereocenters. The van der Waals surface area contributed by atoms with Crippen molar-refractivity contribution in [2.24, 2.45) is 0 Å². The van der Waals surface area contributed by atoms with Crippen molar-refractivity contribution in [3.05, 3.63) is 0 Å². The molecule has 16 heavy (non-hydrogen) atoms. The third-order valence-electron chi connectivity index (χ3n) is 2.92. The van der Waals surface area contributed by atoms with Crippen molar-refractivity contribution < 1.29 is 9.53 Å². The highest BCUT2D eigenvalue weighted by Crippen LogP contribution is 1.97. The average Bonchev–Trinajstić information content (AvgIpc) is 2.29. The molecule has 1 saturated heterocycles. The molecule has 0 aromatic heterocycles. The average molecular weight is 229 g/mol. The highest BCUT2D eigenvalue weighted by atomic mass is 16.5. The zero-order chi connectivity index (χ0) is 12.0. The second kappa shape index (κ2) is 6.70. The van der Waals surface area contributed by atoms with E-state index in [1.165, 1.54) is 0 Å². The molecule has 0 aromatic carbocycles. The van der Waals surface area contributed by atoms with Crippen LogP contribution in [0.5, 0.6) is 0 Å². The van der Waals surface area contributed by atoms with Crippen LogP contribution in [0.25, 0.3) is 0 Å². The molecule has 0 radical (unpaired) electrons. The van der Waals surface area contributed by atoms with E-state index in [9.17, 15) is 4.79 Å². The monoisotopic (exact) mass is 229 g/mol. The first-order valence-corrected chi connectivity index (χ1v) is 5.92. The molecule has 0 bridgehead atoms. The van der Waals surface area contributed by atoms with E-state index >= 15 is 0 Å². The summed E-state index contributed by atoms with van der Waals surface area (Å²) in [5.74, 6) is 0. The van der Waals surface area contributed by atoms with Gasteiger partial charge in [0, 0.05) is 32.2 Å². The van der Waals surface area contributed by atoms with E-state index in [-0.39, 0.29) is 6.03 Å². The molecule has 5 nitrogen and oxygen atoms in total. The maximum absolute atomic E-state index is 11.7. The summed E-state index contributed by atoms with van der Waals surface area (Å²) in [5.41, 5.74) is 0. The van der Waals surface area contributed by atoms with Gasteiger partial charge in [-0.15, -0.1) is 0 Å². The Morgan fingerprint density at radius 3 is 2.62 bits per heavy atom. The molecule has 0 spiro atoms. The lowest BCUT2D eigenvalue weighted by molar-refractivity contribution is 0.0531. The number of urea groups is 1. The van der Waals surface area contributed by atoms with Gasteiger partial charge >= 0.3 is 6.03 Å². The predicted molar refractivity (Wildman–Crippen MR) is 63.6 cm³/mol. The van der Waals surface area contributed by atoms with Crippen LogP contribution in [-0.2, 0) is 4.74 Å². The SMILES string of the molecule is CC(C)N(C)CCNC(=O)N1CCOCC1. The van der Waals surface area contributed by atoms with Gasteiger partial charge in [0.2, 0.25) is 0 Å². The van der Waals surface area contributed by atoms with Crippen LogP contribution in [0.1, 0.15) is 13.8 Å². The van der Waals surface area contributed by atoms with Gasteiger partial charge in [-0.3, -0.25) is 0 Å². The summed E-state index contributed by atoms with van der Waals surface area (Å²) in [5, 5.41) is 2.93. The van der Waals surface area contributed by atoms with E-state index in [1.807, 2.05) is 0 Å². The molecule has 5 heteroatoms. The fourth-order valence-electron chi connectivity index (χ4n) is 1.48. The van der Waals surface area contributed by atoms with Crippen LogP contribution in [0, 0.1) is 0 Å². The second-order valence-corrected chi connectivity index (χ2v) is 4.41. The molecule has 1 rings (SSSR count). The summed E-state index contributed by atoms with van der Waals surface area (Å²) in [4.78, 5) is 15.7. The van der Waals surface area contributed by atoms with E-state index < -0.39 is 0 Å². The van der Waals surface area contributed by atoms with Crippen LogP contribution in [0.2, 0.25) is 0 Å². The van der Waals surface area contributed by atoms with Crippen LogP contribution < -0.4 is 5.32 Å². The van der Waals surface area contributed by atoms with Crippen LogP contribution in [-0.4, -0.2) is 68.3 Å². The molecule has 1 N–H and O–H groups in total. The topological polar surface area (TPSA) is 44.8 Å². The molecule has 94 valence electrons. The number of rotatable bonds is 4. The number of nitrogens with zero attached hydrogens (tertiary/aromatic N) is 2. The van der Waals surface area contributed by atoms with Gasteiger partial charge in [0.25, 0.3) is 0 Å². The summed E-state index contributed by atoms with van der Waals surface area (Å²) >= 11 is 0. The van der Waals surface area contributed by atoms with E-state index in [2.05, 4.69) is 31.1 Å². The Morgan fingerprint density at radius 1 is 1.44 bits per heavy atom. The Morgan fingerprint density at radius 2 is 2.06 bits per heavy atom. The van der Waals surface area contributed by atoms with Crippen molar-refractivity contribution in [1.82, 2.24) is 15.1 Å². The first-order valence-electron chi connectivity index (χ1n) is 5.92. The summed E-state index contributed by atoms with van der Waals surface area (Å²) in [6.45, 7) is 8.57. The highest BCUT2D eigenvalue weighted by molar-refractivity contribution is 5.74. The molecule has 0 aromatic rings. The fourth-order valence-corrected chi connectivity index (χ4v) is 1.48. The zero-order valence-corrected chi connectivity index (χ0v) is 10.5. The Bertz CT molecular complexity index is 215. The smallest absolute Gasteiger partial charge is 0.317 e. The first-order chi connectivity index (χ1) is 7.61. The lowest BCUT2D eigenvalue weighted by Gasteiger charge is -2.27. The van der Waals surface area contributed by atoms with Crippen molar-refractivity contribution in [2.75, 3.05) is 46.4 Å². The van der Waals surface area contributed by atoms with Crippen molar-refractivity contribution in [2.45, 2.75) is 19.9 Å².